The molecule has 3 N–H and O–H groups in total. The maximum Gasteiger partial charge on any atom is 0.223 e. The van der Waals surface area contributed by atoms with Crippen LogP contribution in [0, 0.1) is 17.8 Å². The monoisotopic (exact) mass is 240 g/mol. The van der Waals surface area contributed by atoms with Crippen molar-refractivity contribution < 1.29 is 4.79 Å². The average molecular weight is 240 g/mol. The molecule has 0 spiro atoms. The van der Waals surface area contributed by atoms with Gasteiger partial charge in [0.2, 0.25) is 5.91 Å². The van der Waals surface area contributed by atoms with E-state index in [-0.39, 0.29) is 17.9 Å². The molecule has 0 radical (unpaired) electrons. The first kappa shape index (κ1) is 14.5. The number of carbonyl (C=O) groups is 1. The van der Waals surface area contributed by atoms with Crippen LogP contribution in [0.5, 0.6) is 0 Å². The molecule has 1 aliphatic carbocycles. The zero-order valence-corrected chi connectivity index (χ0v) is 11.5. The van der Waals surface area contributed by atoms with E-state index >= 15 is 0 Å². The molecule has 17 heavy (non-hydrogen) atoms. The lowest BCUT2D eigenvalue weighted by Crippen LogP contribution is -2.44. The minimum Gasteiger partial charge on any atom is -0.356 e. The van der Waals surface area contributed by atoms with Crippen LogP contribution in [0.1, 0.15) is 52.9 Å². The normalized spacial score (nSPS) is 29.4. The predicted octanol–water partition coefficient (Wildman–Crippen LogP) is 2.30. The molecule has 0 aromatic rings. The van der Waals surface area contributed by atoms with Crippen molar-refractivity contribution in [2.75, 3.05) is 6.54 Å². The van der Waals surface area contributed by atoms with Crippen molar-refractivity contribution in [1.29, 1.82) is 0 Å². The van der Waals surface area contributed by atoms with Crippen LogP contribution >= 0.6 is 0 Å². The number of nitrogens with two attached hydrogens (primary N) is 1. The zero-order chi connectivity index (χ0) is 12.8. The molecule has 100 valence electrons. The van der Waals surface area contributed by atoms with Gasteiger partial charge in [0.25, 0.3) is 0 Å². The minimum absolute atomic E-state index is 0.137. The third-order valence-electron chi connectivity index (χ3n) is 3.96. The Morgan fingerprint density at radius 3 is 2.76 bits per heavy atom. The SMILES string of the molecule is CC(C)CCCNC(=O)C1CCCC(N)C1C. The summed E-state index contributed by atoms with van der Waals surface area (Å²) >= 11 is 0. The van der Waals surface area contributed by atoms with E-state index in [9.17, 15) is 4.79 Å². The van der Waals surface area contributed by atoms with Gasteiger partial charge in [0.05, 0.1) is 0 Å². The highest BCUT2D eigenvalue weighted by molar-refractivity contribution is 5.79. The fourth-order valence-electron chi connectivity index (χ4n) is 2.62. The molecule has 0 aliphatic heterocycles. The van der Waals surface area contributed by atoms with Gasteiger partial charge < -0.3 is 11.1 Å². The summed E-state index contributed by atoms with van der Waals surface area (Å²) < 4.78 is 0. The van der Waals surface area contributed by atoms with Crippen molar-refractivity contribution in [1.82, 2.24) is 5.32 Å². The molecule has 3 atom stereocenters. The Bertz CT molecular complexity index is 240. The van der Waals surface area contributed by atoms with E-state index in [1.165, 1.54) is 6.42 Å². The second-order valence-electron chi connectivity index (χ2n) is 5.89. The summed E-state index contributed by atoms with van der Waals surface area (Å²) in [6.45, 7) is 7.35. The van der Waals surface area contributed by atoms with Gasteiger partial charge in [-0.1, -0.05) is 27.2 Å². The Hall–Kier alpha value is -0.570. The van der Waals surface area contributed by atoms with Crippen LogP contribution < -0.4 is 11.1 Å². The van der Waals surface area contributed by atoms with Crippen molar-refractivity contribution in [2.45, 2.75) is 58.9 Å². The second-order valence-corrected chi connectivity index (χ2v) is 5.89. The van der Waals surface area contributed by atoms with E-state index in [1.54, 1.807) is 0 Å². The van der Waals surface area contributed by atoms with Crippen LogP contribution in [-0.2, 0) is 4.79 Å². The summed E-state index contributed by atoms with van der Waals surface area (Å²) in [5, 5.41) is 3.06. The number of nitrogens with one attached hydrogen (secondary N) is 1. The van der Waals surface area contributed by atoms with Gasteiger partial charge in [-0.15, -0.1) is 0 Å². The average Bonchev–Trinajstić information content (AvgIpc) is 2.27. The summed E-state index contributed by atoms with van der Waals surface area (Å²) in [5.41, 5.74) is 6.02. The highest BCUT2D eigenvalue weighted by Gasteiger charge is 2.32. The van der Waals surface area contributed by atoms with Crippen LogP contribution in [0.25, 0.3) is 0 Å². The van der Waals surface area contributed by atoms with Crippen LogP contribution in [0.3, 0.4) is 0 Å². The maximum absolute atomic E-state index is 12.0. The molecule has 0 heterocycles. The van der Waals surface area contributed by atoms with E-state index in [1.807, 2.05) is 0 Å². The first-order chi connectivity index (χ1) is 8.02. The molecule has 3 nitrogen and oxygen atoms in total. The summed E-state index contributed by atoms with van der Waals surface area (Å²) in [6, 6.07) is 0.204. The van der Waals surface area contributed by atoms with Gasteiger partial charge >= 0.3 is 0 Å². The number of carbonyl (C=O) groups excluding carboxylic acids is 1. The van der Waals surface area contributed by atoms with Crippen molar-refractivity contribution >= 4 is 5.91 Å². The Morgan fingerprint density at radius 2 is 2.12 bits per heavy atom. The van der Waals surface area contributed by atoms with Crippen LogP contribution in [0.15, 0.2) is 0 Å². The molecule has 1 fully saturated rings. The van der Waals surface area contributed by atoms with Crippen molar-refractivity contribution in [2.24, 2.45) is 23.5 Å². The van der Waals surface area contributed by atoms with E-state index in [0.717, 1.165) is 32.2 Å². The van der Waals surface area contributed by atoms with Gasteiger partial charge in [0.15, 0.2) is 0 Å². The van der Waals surface area contributed by atoms with Gasteiger partial charge in [0, 0.05) is 18.5 Å². The van der Waals surface area contributed by atoms with Crippen molar-refractivity contribution in [3.63, 3.8) is 0 Å². The number of rotatable bonds is 5. The Balaban J connectivity index is 2.27. The summed E-state index contributed by atoms with van der Waals surface area (Å²) in [6.07, 6.45) is 5.43. The largest absolute Gasteiger partial charge is 0.356 e. The smallest absolute Gasteiger partial charge is 0.223 e. The van der Waals surface area contributed by atoms with Gasteiger partial charge in [0.1, 0.15) is 0 Å². The Morgan fingerprint density at radius 1 is 1.41 bits per heavy atom. The van der Waals surface area contributed by atoms with Gasteiger partial charge in [-0.05, 0) is 37.5 Å². The standard InChI is InChI=1S/C14H28N2O/c1-10(2)6-5-9-16-14(17)12-7-4-8-13(15)11(12)3/h10-13H,4-9,15H2,1-3H3,(H,16,17). The van der Waals surface area contributed by atoms with Crippen LogP contribution in [0.4, 0.5) is 0 Å². The summed E-state index contributed by atoms with van der Waals surface area (Å²) in [4.78, 5) is 12.0. The summed E-state index contributed by atoms with van der Waals surface area (Å²) in [7, 11) is 0. The highest BCUT2D eigenvalue weighted by atomic mass is 16.1. The molecule has 0 aromatic carbocycles. The molecule has 0 bridgehead atoms. The van der Waals surface area contributed by atoms with Crippen LogP contribution in [-0.4, -0.2) is 18.5 Å². The minimum atomic E-state index is 0.137. The fourth-order valence-corrected chi connectivity index (χ4v) is 2.62. The lowest BCUT2D eigenvalue weighted by molar-refractivity contribution is -0.127. The molecule has 1 aliphatic rings. The Kier molecular flexibility index (Phi) is 5.96. The third-order valence-corrected chi connectivity index (χ3v) is 3.96. The molecule has 1 rings (SSSR count). The van der Waals surface area contributed by atoms with E-state index in [0.29, 0.717) is 11.8 Å². The molecular formula is C14H28N2O. The van der Waals surface area contributed by atoms with Gasteiger partial charge in [-0.2, -0.15) is 0 Å². The predicted molar refractivity (Wildman–Crippen MR) is 71.6 cm³/mol. The number of amides is 1. The van der Waals surface area contributed by atoms with Crippen molar-refractivity contribution in [3.8, 4) is 0 Å². The maximum atomic E-state index is 12.0. The quantitative estimate of drug-likeness (QED) is 0.725. The number of hydrogen-bond acceptors (Lipinski definition) is 2. The molecule has 1 saturated carbocycles. The molecule has 1 amide bonds. The molecular weight excluding hydrogens is 212 g/mol. The van der Waals surface area contributed by atoms with Crippen molar-refractivity contribution in [3.05, 3.63) is 0 Å². The molecule has 3 unspecified atom stereocenters. The first-order valence-electron chi connectivity index (χ1n) is 7.05. The lowest BCUT2D eigenvalue weighted by Gasteiger charge is -2.32. The number of hydrogen-bond donors (Lipinski definition) is 2. The van der Waals surface area contributed by atoms with Gasteiger partial charge in [-0.3, -0.25) is 4.79 Å². The molecule has 0 aromatic heterocycles. The third kappa shape index (κ3) is 4.66. The summed E-state index contributed by atoms with van der Waals surface area (Å²) in [5.74, 6) is 1.40. The fraction of sp³-hybridized carbons (Fsp3) is 0.929. The zero-order valence-electron chi connectivity index (χ0n) is 11.5. The van der Waals surface area contributed by atoms with Gasteiger partial charge in [-0.25, -0.2) is 0 Å². The van der Waals surface area contributed by atoms with E-state index < -0.39 is 0 Å². The highest BCUT2D eigenvalue weighted by Crippen LogP contribution is 2.28. The first-order valence-corrected chi connectivity index (χ1v) is 7.05. The topological polar surface area (TPSA) is 55.1 Å². The lowest BCUT2D eigenvalue weighted by atomic mass is 9.77. The van der Waals surface area contributed by atoms with E-state index in [2.05, 4.69) is 26.1 Å². The molecule has 3 heteroatoms. The second kappa shape index (κ2) is 7.00. The van der Waals surface area contributed by atoms with E-state index in [4.69, 9.17) is 5.73 Å². The molecule has 0 saturated heterocycles. The van der Waals surface area contributed by atoms with Crippen LogP contribution in [0.2, 0.25) is 0 Å². The Labute approximate surface area is 106 Å².